The lowest BCUT2D eigenvalue weighted by molar-refractivity contribution is -0.114. The Labute approximate surface area is 131 Å². The third-order valence-electron chi connectivity index (χ3n) is 4.26. The van der Waals surface area contributed by atoms with Crippen molar-refractivity contribution in [3.05, 3.63) is 41.1 Å². The van der Waals surface area contributed by atoms with Gasteiger partial charge in [0.05, 0.1) is 17.0 Å². The molecule has 1 amide bonds. The average Bonchev–Trinajstić information content (AvgIpc) is 2.79. The summed E-state index contributed by atoms with van der Waals surface area (Å²) in [4.78, 5) is 14.9. The van der Waals surface area contributed by atoms with Crippen LogP contribution >= 0.6 is 0 Å². The zero-order valence-corrected chi connectivity index (χ0v) is 13.4. The number of anilines is 1. The van der Waals surface area contributed by atoms with Crippen LogP contribution in [0.5, 0.6) is 0 Å². The van der Waals surface area contributed by atoms with Crippen molar-refractivity contribution < 1.29 is 4.79 Å². The molecular weight excluding hydrogens is 276 g/mol. The Morgan fingerprint density at radius 2 is 1.86 bits per heavy atom. The van der Waals surface area contributed by atoms with Crippen LogP contribution in [0.4, 0.5) is 5.69 Å². The molecule has 2 aliphatic rings. The van der Waals surface area contributed by atoms with Crippen molar-refractivity contribution >= 4 is 17.3 Å². The highest BCUT2D eigenvalue weighted by Crippen LogP contribution is 2.25. The second-order valence-electron chi connectivity index (χ2n) is 5.90. The number of amides is 1. The van der Waals surface area contributed by atoms with Crippen LogP contribution in [-0.4, -0.2) is 42.7 Å². The molecule has 0 aliphatic carbocycles. The van der Waals surface area contributed by atoms with E-state index in [4.69, 9.17) is 0 Å². The number of benzene rings is 1. The van der Waals surface area contributed by atoms with E-state index in [9.17, 15) is 4.79 Å². The highest BCUT2D eigenvalue weighted by molar-refractivity contribution is 6.29. The lowest BCUT2D eigenvalue weighted by atomic mass is 10.1. The number of aryl methyl sites for hydroxylation is 2. The van der Waals surface area contributed by atoms with Crippen molar-refractivity contribution in [1.82, 2.24) is 10.2 Å². The number of nitrogens with one attached hydrogen (secondary N) is 1. The van der Waals surface area contributed by atoms with Crippen LogP contribution < -0.4 is 10.3 Å². The first-order chi connectivity index (χ1) is 10.6. The molecule has 1 aromatic rings. The van der Waals surface area contributed by atoms with E-state index < -0.39 is 0 Å². The molecule has 1 saturated heterocycles. The van der Waals surface area contributed by atoms with E-state index in [0.717, 1.165) is 43.1 Å². The maximum absolute atomic E-state index is 12.7. The van der Waals surface area contributed by atoms with E-state index in [-0.39, 0.29) is 5.91 Å². The van der Waals surface area contributed by atoms with Crippen molar-refractivity contribution in [2.24, 2.45) is 5.10 Å². The van der Waals surface area contributed by atoms with Gasteiger partial charge in [0, 0.05) is 32.4 Å². The van der Waals surface area contributed by atoms with Gasteiger partial charge in [0.15, 0.2) is 0 Å². The van der Waals surface area contributed by atoms with Gasteiger partial charge >= 0.3 is 0 Å². The minimum absolute atomic E-state index is 0.0423. The summed E-state index contributed by atoms with van der Waals surface area (Å²) in [6.07, 6.45) is 1.96. The molecule has 0 spiro atoms. The van der Waals surface area contributed by atoms with Crippen LogP contribution in [0.2, 0.25) is 0 Å². The predicted molar refractivity (Wildman–Crippen MR) is 89.0 cm³/mol. The fourth-order valence-corrected chi connectivity index (χ4v) is 2.69. The average molecular weight is 298 g/mol. The molecule has 1 N–H and O–H groups in total. The van der Waals surface area contributed by atoms with Crippen LogP contribution in [0.3, 0.4) is 0 Å². The molecule has 116 valence electrons. The van der Waals surface area contributed by atoms with Crippen molar-refractivity contribution in [2.75, 3.05) is 31.2 Å². The Kier molecular flexibility index (Phi) is 3.98. The summed E-state index contributed by atoms with van der Waals surface area (Å²) in [5.41, 5.74) is 4.68. The normalized spacial score (nSPS) is 20.8. The molecule has 5 heteroatoms. The van der Waals surface area contributed by atoms with E-state index in [1.54, 1.807) is 0 Å². The highest BCUT2D eigenvalue weighted by Gasteiger charge is 2.29. The summed E-state index contributed by atoms with van der Waals surface area (Å²) < 4.78 is 0. The number of rotatable bonds is 2. The van der Waals surface area contributed by atoms with Gasteiger partial charge < -0.3 is 10.2 Å². The van der Waals surface area contributed by atoms with Gasteiger partial charge in [-0.25, -0.2) is 0 Å². The van der Waals surface area contributed by atoms with Crippen molar-refractivity contribution in [1.29, 1.82) is 0 Å². The Morgan fingerprint density at radius 1 is 1.14 bits per heavy atom. The molecule has 22 heavy (non-hydrogen) atoms. The third kappa shape index (κ3) is 2.76. The lowest BCUT2D eigenvalue weighted by Gasteiger charge is -2.26. The molecule has 0 radical (unpaired) electrons. The number of piperazine rings is 1. The quantitative estimate of drug-likeness (QED) is 0.847. The van der Waals surface area contributed by atoms with Crippen LogP contribution in [0.15, 0.2) is 35.1 Å². The first-order valence-corrected chi connectivity index (χ1v) is 7.70. The lowest BCUT2D eigenvalue weighted by Crippen LogP contribution is -2.41. The van der Waals surface area contributed by atoms with Gasteiger partial charge in [-0.3, -0.25) is 4.79 Å². The number of hydrazone groups is 1. The summed E-state index contributed by atoms with van der Waals surface area (Å²) in [5, 5.41) is 9.27. The van der Waals surface area contributed by atoms with E-state index in [0.29, 0.717) is 5.57 Å². The fraction of sp³-hybridized carbons (Fsp3) is 0.412. The van der Waals surface area contributed by atoms with Gasteiger partial charge in [-0.2, -0.15) is 10.1 Å². The number of carbonyl (C=O) groups is 1. The first-order valence-electron chi connectivity index (χ1n) is 7.70. The standard InChI is InChI=1S/C17H22N4O/c1-12-4-5-15(10-13(12)2)21-17(22)16(14(3)19-21)11-20-8-6-18-7-9-20/h4-5,10-11,18H,6-9H2,1-3H3/b16-11+. The van der Waals surface area contributed by atoms with E-state index in [1.165, 1.54) is 10.6 Å². The molecule has 0 aromatic heterocycles. The van der Waals surface area contributed by atoms with Crippen LogP contribution in [-0.2, 0) is 4.79 Å². The Balaban J connectivity index is 1.85. The van der Waals surface area contributed by atoms with Gasteiger partial charge in [0.2, 0.25) is 0 Å². The Bertz CT molecular complexity index is 657. The van der Waals surface area contributed by atoms with Gasteiger partial charge in [-0.15, -0.1) is 0 Å². The van der Waals surface area contributed by atoms with E-state index in [2.05, 4.69) is 22.2 Å². The third-order valence-corrected chi connectivity index (χ3v) is 4.26. The van der Waals surface area contributed by atoms with Crippen molar-refractivity contribution in [2.45, 2.75) is 20.8 Å². The molecule has 0 saturated carbocycles. The summed E-state index contributed by atoms with van der Waals surface area (Å²) in [6.45, 7) is 9.76. The number of nitrogens with zero attached hydrogens (tertiary/aromatic N) is 3. The summed E-state index contributed by atoms with van der Waals surface area (Å²) in [7, 11) is 0. The SMILES string of the molecule is CC1=NN(c2ccc(C)c(C)c2)C(=O)/C1=C/N1CCNCC1. The summed E-state index contributed by atoms with van der Waals surface area (Å²) in [6, 6.07) is 5.99. The molecular formula is C17H22N4O. The molecule has 1 fully saturated rings. The predicted octanol–water partition coefficient (Wildman–Crippen LogP) is 1.82. The molecule has 0 bridgehead atoms. The zero-order chi connectivity index (χ0) is 15.7. The monoisotopic (exact) mass is 298 g/mol. The topological polar surface area (TPSA) is 47.9 Å². The number of hydrogen-bond donors (Lipinski definition) is 1. The minimum atomic E-state index is -0.0423. The summed E-state index contributed by atoms with van der Waals surface area (Å²) >= 11 is 0. The largest absolute Gasteiger partial charge is 0.374 e. The molecule has 5 nitrogen and oxygen atoms in total. The molecule has 1 aromatic carbocycles. The zero-order valence-electron chi connectivity index (χ0n) is 13.4. The second-order valence-corrected chi connectivity index (χ2v) is 5.90. The molecule has 0 atom stereocenters. The maximum atomic E-state index is 12.7. The second kappa shape index (κ2) is 5.93. The molecule has 2 aliphatic heterocycles. The maximum Gasteiger partial charge on any atom is 0.282 e. The van der Waals surface area contributed by atoms with Gasteiger partial charge in [0.1, 0.15) is 0 Å². The van der Waals surface area contributed by atoms with Gasteiger partial charge in [0.25, 0.3) is 5.91 Å². The Morgan fingerprint density at radius 3 is 2.55 bits per heavy atom. The van der Waals surface area contributed by atoms with Crippen LogP contribution in [0, 0.1) is 13.8 Å². The molecule has 2 heterocycles. The minimum Gasteiger partial charge on any atom is -0.374 e. The van der Waals surface area contributed by atoms with Crippen molar-refractivity contribution in [3.8, 4) is 0 Å². The molecule has 3 rings (SSSR count). The van der Waals surface area contributed by atoms with Crippen LogP contribution in [0.1, 0.15) is 18.1 Å². The Hall–Kier alpha value is -2.14. The molecule has 0 unspecified atom stereocenters. The van der Waals surface area contributed by atoms with Gasteiger partial charge in [-0.1, -0.05) is 6.07 Å². The highest BCUT2D eigenvalue weighted by atomic mass is 16.2. The van der Waals surface area contributed by atoms with Gasteiger partial charge in [-0.05, 0) is 44.0 Å². The smallest absolute Gasteiger partial charge is 0.282 e. The van der Waals surface area contributed by atoms with Crippen LogP contribution in [0.25, 0.3) is 0 Å². The summed E-state index contributed by atoms with van der Waals surface area (Å²) in [5.74, 6) is -0.0423. The fourth-order valence-electron chi connectivity index (χ4n) is 2.69. The van der Waals surface area contributed by atoms with Crippen molar-refractivity contribution in [3.63, 3.8) is 0 Å². The van der Waals surface area contributed by atoms with E-state index >= 15 is 0 Å². The first kappa shape index (κ1) is 14.8. The number of hydrogen-bond acceptors (Lipinski definition) is 4. The van der Waals surface area contributed by atoms with E-state index in [1.807, 2.05) is 38.2 Å². The number of carbonyl (C=O) groups excluding carboxylic acids is 1.